The number of fused-ring (bicyclic) bond motifs is 3. The van der Waals surface area contributed by atoms with Crippen molar-refractivity contribution in [3.8, 4) is 16.9 Å². The molecule has 3 heteroatoms. The number of rotatable bonds is 4. The van der Waals surface area contributed by atoms with E-state index in [0.29, 0.717) is 23.1 Å². The highest BCUT2D eigenvalue weighted by Gasteiger charge is 2.11. The van der Waals surface area contributed by atoms with E-state index in [9.17, 15) is 0 Å². The van der Waals surface area contributed by atoms with E-state index in [2.05, 4.69) is 60.7 Å². The molecule has 30 heavy (non-hydrogen) atoms. The molecule has 0 bridgehead atoms. The third-order valence-electron chi connectivity index (χ3n) is 5.40. The Bertz CT molecular complexity index is 1360. The standard InChI is InChI=1S/C27H20ClNO/c28-21-12-9-18(10-13-21)17-30-27-16-20(11-14-26(27)29)25-15-19-5-1-2-6-22(19)23-7-3-4-8-24(23)25/h1-16H,17,29H2. The second kappa shape index (κ2) is 7.74. The minimum atomic E-state index is 0.434. The van der Waals surface area contributed by atoms with Crippen LogP contribution in [0.4, 0.5) is 5.69 Å². The number of nitrogen functional groups attached to an aromatic ring is 1. The van der Waals surface area contributed by atoms with Gasteiger partial charge in [0.15, 0.2) is 0 Å². The monoisotopic (exact) mass is 409 g/mol. The van der Waals surface area contributed by atoms with Crippen LogP contribution in [-0.2, 0) is 6.61 Å². The third-order valence-corrected chi connectivity index (χ3v) is 5.65. The first kappa shape index (κ1) is 18.5. The van der Waals surface area contributed by atoms with E-state index in [1.165, 1.54) is 27.1 Å². The van der Waals surface area contributed by atoms with Crippen LogP contribution in [0.15, 0.2) is 97.1 Å². The van der Waals surface area contributed by atoms with Gasteiger partial charge in [0.1, 0.15) is 12.4 Å². The van der Waals surface area contributed by atoms with Crippen LogP contribution >= 0.6 is 11.6 Å². The van der Waals surface area contributed by atoms with Crippen molar-refractivity contribution >= 4 is 38.8 Å². The first-order chi connectivity index (χ1) is 14.7. The molecular weight excluding hydrogens is 390 g/mol. The topological polar surface area (TPSA) is 35.2 Å². The van der Waals surface area contributed by atoms with Gasteiger partial charge >= 0.3 is 0 Å². The van der Waals surface area contributed by atoms with Crippen molar-refractivity contribution in [1.82, 2.24) is 0 Å². The summed E-state index contributed by atoms with van der Waals surface area (Å²) >= 11 is 5.97. The largest absolute Gasteiger partial charge is 0.487 e. The summed E-state index contributed by atoms with van der Waals surface area (Å²) in [5, 5.41) is 5.64. The number of hydrogen-bond acceptors (Lipinski definition) is 2. The van der Waals surface area contributed by atoms with Crippen LogP contribution in [-0.4, -0.2) is 0 Å². The molecule has 5 aromatic rings. The van der Waals surface area contributed by atoms with Gasteiger partial charge in [0.25, 0.3) is 0 Å². The Balaban J connectivity index is 1.58. The number of ether oxygens (including phenoxy) is 1. The molecule has 5 rings (SSSR count). The van der Waals surface area contributed by atoms with E-state index in [0.717, 1.165) is 11.1 Å². The van der Waals surface area contributed by atoms with Crippen molar-refractivity contribution in [2.24, 2.45) is 0 Å². The summed E-state index contributed by atoms with van der Waals surface area (Å²) in [6, 6.07) is 32.9. The van der Waals surface area contributed by atoms with Crippen LogP contribution in [0.1, 0.15) is 5.56 Å². The Morgan fingerprint density at radius 3 is 2.20 bits per heavy atom. The summed E-state index contributed by atoms with van der Waals surface area (Å²) < 4.78 is 6.06. The molecule has 0 saturated carbocycles. The van der Waals surface area contributed by atoms with Crippen LogP contribution in [0.5, 0.6) is 5.75 Å². The molecule has 2 N–H and O–H groups in total. The lowest BCUT2D eigenvalue weighted by molar-refractivity contribution is 0.308. The Morgan fingerprint density at radius 1 is 0.700 bits per heavy atom. The van der Waals surface area contributed by atoms with Gasteiger partial charge in [-0.1, -0.05) is 78.3 Å². The molecule has 0 aliphatic heterocycles. The van der Waals surface area contributed by atoms with Gasteiger partial charge in [0.2, 0.25) is 0 Å². The third kappa shape index (κ3) is 3.47. The first-order valence-corrected chi connectivity index (χ1v) is 10.2. The Hall–Kier alpha value is -3.49. The van der Waals surface area contributed by atoms with Crippen molar-refractivity contribution in [2.45, 2.75) is 6.61 Å². The van der Waals surface area contributed by atoms with E-state index in [4.69, 9.17) is 22.1 Å². The minimum Gasteiger partial charge on any atom is -0.487 e. The average Bonchev–Trinajstić information content (AvgIpc) is 2.79. The van der Waals surface area contributed by atoms with Gasteiger partial charge in [-0.25, -0.2) is 0 Å². The molecule has 0 saturated heterocycles. The predicted octanol–water partition coefficient (Wildman–Crippen LogP) is 7.47. The number of benzene rings is 5. The fourth-order valence-corrected chi connectivity index (χ4v) is 3.99. The predicted molar refractivity (Wildman–Crippen MR) is 127 cm³/mol. The zero-order valence-electron chi connectivity index (χ0n) is 16.3. The van der Waals surface area contributed by atoms with Gasteiger partial charge in [-0.15, -0.1) is 0 Å². The van der Waals surface area contributed by atoms with E-state index >= 15 is 0 Å². The lowest BCUT2D eigenvalue weighted by atomic mass is 9.93. The molecule has 5 aromatic carbocycles. The van der Waals surface area contributed by atoms with Gasteiger partial charge in [-0.05, 0) is 68.6 Å². The molecule has 0 aliphatic rings. The maximum atomic E-state index is 6.21. The Kier molecular flexibility index (Phi) is 4.78. The molecule has 0 fully saturated rings. The van der Waals surface area contributed by atoms with Gasteiger partial charge in [-0.2, -0.15) is 0 Å². The maximum absolute atomic E-state index is 6.21. The van der Waals surface area contributed by atoms with Gasteiger partial charge in [0, 0.05) is 5.02 Å². The quantitative estimate of drug-likeness (QED) is 0.246. The molecular formula is C27H20ClNO. The summed E-state index contributed by atoms with van der Waals surface area (Å²) in [6.07, 6.45) is 0. The molecule has 0 atom stereocenters. The van der Waals surface area contributed by atoms with Crippen LogP contribution in [0, 0.1) is 0 Å². The fourth-order valence-electron chi connectivity index (χ4n) is 3.86. The summed E-state index contributed by atoms with van der Waals surface area (Å²) in [5.74, 6) is 0.680. The van der Waals surface area contributed by atoms with Gasteiger partial charge in [-0.3, -0.25) is 0 Å². The lowest BCUT2D eigenvalue weighted by Gasteiger charge is -2.14. The van der Waals surface area contributed by atoms with Crippen molar-refractivity contribution in [3.05, 3.63) is 108 Å². The highest BCUT2D eigenvalue weighted by Crippen LogP contribution is 2.37. The van der Waals surface area contributed by atoms with Crippen molar-refractivity contribution in [2.75, 3.05) is 5.73 Å². The zero-order valence-corrected chi connectivity index (χ0v) is 17.1. The Labute approximate surface area is 180 Å². The summed E-state index contributed by atoms with van der Waals surface area (Å²) in [6.45, 7) is 0.434. The van der Waals surface area contributed by atoms with Crippen LogP contribution in [0.25, 0.3) is 32.7 Å². The van der Waals surface area contributed by atoms with E-state index < -0.39 is 0 Å². The molecule has 0 amide bonds. The van der Waals surface area contributed by atoms with Crippen molar-refractivity contribution in [3.63, 3.8) is 0 Å². The molecule has 0 unspecified atom stereocenters. The van der Waals surface area contributed by atoms with Crippen LogP contribution in [0.3, 0.4) is 0 Å². The lowest BCUT2D eigenvalue weighted by Crippen LogP contribution is -1.99. The van der Waals surface area contributed by atoms with E-state index in [-0.39, 0.29) is 0 Å². The molecule has 146 valence electrons. The van der Waals surface area contributed by atoms with Crippen LogP contribution < -0.4 is 10.5 Å². The smallest absolute Gasteiger partial charge is 0.143 e. The Morgan fingerprint density at radius 2 is 1.40 bits per heavy atom. The highest BCUT2D eigenvalue weighted by molar-refractivity contribution is 6.30. The molecule has 0 aromatic heterocycles. The number of anilines is 1. The average molecular weight is 410 g/mol. The highest BCUT2D eigenvalue weighted by atomic mass is 35.5. The van der Waals surface area contributed by atoms with Gasteiger partial charge < -0.3 is 10.5 Å². The summed E-state index contributed by atoms with van der Waals surface area (Å²) in [7, 11) is 0. The molecule has 0 spiro atoms. The second-order valence-corrected chi connectivity index (χ2v) is 7.80. The number of halogens is 1. The van der Waals surface area contributed by atoms with E-state index in [1.807, 2.05) is 36.4 Å². The fraction of sp³-hybridized carbons (Fsp3) is 0.0370. The minimum absolute atomic E-state index is 0.434. The molecule has 0 aliphatic carbocycles. The second-order valence-electron chi connectivity index (χ2n) is 7.36. The molecule has 2 nitrogen and oxygen atoms in total. The van der Waals surface area contributed by atoms with E-state index in [1.54, 1.807) is 0 Å². The van der Waals surface area contributed by atoms with Crippen molar-refractivity contribution < 1.29 is 4.74 Å². The summed E-state index contributed by atoms with van der Waals surface area (Å²) in [4.78, 5) is 0. The first-order valence-electron chi connectivity index (χ1n) is 9.87. The van der Waals surface area contributed by atoms with Gasteiger partial charge in [0.05, 0.1) is 5.69 Å². The molecule has 0 radical (unpaired) electrons. The normalized spacial score (nSPS) is 11.1. The summed E-state index contributed by atoms with van der Waals surface area (Å²) in [5.41, 5.74) is 10.1. The van der Waals surface area contributed by atoms with Crippen LogP contribution in [0.2, 0.25) is 5.02 Å². The van der Waals surface area contributed by atoms with Crippen molar-refractivity contribution in [1.29, 1.82) is 0 Å². The molecule has 0 heterocycles. The maximum Gasteiger partial charge on any atom is 0.143 e. The SMILES string of the molecule is Nc1ccc(-c2cc3ccccc3c3ccccc23)cc1OCc1ccc(Cl)cc1. The number of nitrogens with two attached hydrogens (primary N) is 1. The number of hydrogen-bond donors (Lipinski definition) is 1. The zero-order chi connectivity index (χ0) is 20.5.